The first-order chi connectivity index (χ1) is 44.0. The summed E-state index contributed by atoms with van der Waals surface area (Å²) in [5.74, 6) is -11.8. The number of hydrogen-bond acceptors (Lipinski definition) is 18. The first kappa shape index (κ1) is 72.6. The van der Waals surface area contributed by atoms with E-state index in [2.05, 4.69) is 67.8 Å². The van der Waals surface area contributed by atoms with Gasteiger partial charge in [0.1, 0.15) is 66.7 Å². The summed E-state index contributed by atoms with van der Waals surface area (Å²) in [4.78, 5) is 164. The average Bonchev–Trinajstić information content (AvgIpc) is 1.75. The molecule has 0 fully saturated rings. The molecule has 0 unspecified atom stereocenters. The number of aliphatic hydroxyl groups excluding tert-OH is 2. The molecular weight excluding hydrogens is 1220 g/mol. The minimum atomic E-state index is -1.77. The minimum Gasteiger partial charge on any atom is -0.508 e. The zero-order valence-corrected chi connectivity index (χ0v) is 50.9. The van der Waals surface area contributed by atoms with E-state index < -0.39 is 152 Å². The number of phenolic OH excluding ortho intramolecular Hbond substituents is 1. The number of thioether (sulfide) groups is 1. The highest BCUT2D eigenvalue weighted by Gasteiger charge is 2.36. The van der Waals surface area contributed by atoms with Crippen LogP contribution in [0.2, 0.25) is 0 Å². The second kappa shape index (κ2) is 37.1. The topological polar surface area (TPSA) is 532 Å². The van der Waals surface area contributed by atoms with Crippen LogP contribution in [0, 0.1) is 0 Å². The van der Waals surface area contributed by atoms with Gasteiger partial charge in [-0.3, -0.25) is 57.7 Å². The number of carboxylic acid groups (broad SMARTS) is 2. The molecule has 0 saturated carbocycles. The number of para-hydroxylation sites is 1. The van der Waals surface area contributed by atoms with Crippen molar-refractivity contribution in [3.8, 4) is 5.75 Å². The molecule has 0 aliphatic heterocycles. The van der Waals surface area contributed by atoms with Crippen molar-refractivity contribution in [3.05, 3.63) is 120 Å². The van der Waals surface area contributed by atoms with E-state index in [4.69, 9.17) is 17.2 Å². The van der Waals surface area contributed by atoms with Gasteiger partial charge in [0.05, 0.1) is 19.5 Å². The lowest BCUT2D eigenvalue weighted by Gasteiger charge is -2.28. The van der Waals surface area contributed by atoms with Crippen molar-refractivity contribution in [2.24, 2.45) is 22.2 Å². The summed E-state index contributed by atoms with van der Waals surface area (Å²) in [6, 6.07) is 7.09. The van der Waals surface area contributed by atoms with Crippen LogP contribution >= 0.6 is 11.8 Å². The van der Waals surface area contributed by atoms with Gasteiger partial charge in [-0.2, -0.15) is 11.8 Å². The van der Waals surface area contributed by atoms with Crippen molar-refractivity contribution in [1.82, 2.24) is 62.8 Å². The van der Waals surface area contributed by atoms with Gasteiger partial charge in [-0.15, -0.1) is 0 Å². The standard InChI is InChI=1S/C59H78N16O16S/c1-92-21-19-42(70-58(91)47(30-77)75-56(89)43(71-50(83)38(60)29-76)23-33-13-15-36(78)16-14-33)54(87)69-41(17-18-48(79)80)53(86)74-46(25-35-27-63-31-67-35)57(90)72-44(22-32-8-3-2-4-9-32)55(88)68-40(12-7-20-64-59(61)62)52(85)73-45(51(84)66-28-49(81)82)24-34-26-65-39-11-6-5-10-37(34)39/h2-6,8-11,13-16,26-27,31,38,40-47,65,76-78H,7,12,17-25,28-30,60H2,1H3,(H,63,67)(H,66,84)(H,68,88)(H,69,87)(H,70,91)(H,71,83)(H,72,90)(H,73,85)(H,74,86)(H,75,89)(H,79,80)(H,81,82)(H4,61,62,64)/t38-,40-,41-,42-,43-,44-,45-,46-,47-/m0/s1. The number of aromatic amines is 2. The Hall–Kier alpha value is -10.1. The molecule has 2 heterocycles. The maximum atomic E-state index is 14.8. The third-order valence-corrected chi connectivity index (χ3v) is 14.8. The summed E-state index contributed by atoms with van der Waals surface area (Å²) in [6.07, 6.45) is 3.56. The van der Waals surface area contributed by atoms with E-state index >= 15 is 0 Å². The number of imidazole rings is 1. The van der Waals surface area contributed by atoms with Gasteiger partial charge in [0.15, 0.2) is 5.96 Å². The second-order valence-corrected chi connectivity index (χ2v) is 22.1. The molecule has 9 atom stereocenters. The molecule has 0 aliphatic rings. The maximum Gasteiger partial charge on any atom is 0.322 e. The van der Waals surface area contributed by atoms with Gasteiger partial charge >= 0.3 is 11.9 Å². The Labute approximate surface area is 531 Å². The lowest BCUT2D eigenvalue weighted by atomic mass is 10.0. The fraction of sp³-hybridized carbons (Fsp3) is 0.407. The molecule has 496 valence electrons. The molecule has 32 nitrogen and oxygen atoms in total. The predicted octanol–water partition coefficient (Wildman–Crippen LogP) is -4.07. The van der Waals surface area contributed by atoms with E-state index in [9.17, 15) is 78.3 Å². The Balaban J connectivity index is 1.40. The number of amides is 9. The van der Waals surface area contributed by atoms with Gasteiger partial charge in [0.25, 0.3) is 0 Å². The van der Waals surface area contributed by atoms with Crippen LogP contribution in [-0.2, 0) is 78.4 Å². The van der Waals surface area contributed by atoms with E-state index in [-0.39, 0.29) is 74.6 Å². The molecule has 0 saturated heterocycles. The Morgan fingerprint density at radius 2 is 1.05 bits per heavy atom. The highest BCUT2D eigenvalue weighted by molar-refractivity contribution is 7.98. The van der Waals surface area contributed by atoms with Crippen LogP contribution in [0.25, 0.3) is 10.9 Å². The van der Waals surface area contributed by atoms with Crippen molar-refractivity contribution in [1.29, 1.82) is 0 Å². The van der Waals surface area contributed by atoms with Gasteiger partial charge in [-0.05, 0) is 72.6 Å². The molecule has 0 spiro atoms. The average molecular weight is 1300 g/mol. The van der Waals surface area contributed by atoms with Crippen LogP contribution < -0.4 is 65.1 Å². The van der Waals surface area contributed by atoms with E-state index in [1.165, 1.54) is 48.6 Å². The number of H-pyrrole nitrogens is 2. The number of nitrogens with one attached hydrogen (secondary N) is 11. The number of aliphatic carboxylic acids is 2. The number of aromatic nitrogens is 3. The molecule has 5 rings (SSSR count). The number of guanidine groups is 1. The highest BCUT2D eigenvalue weighted by Crippen LogP contribution is 2.20. The van der Waals surface area contributed by atoms with Crippen LogP contribution in [0.1, 0.15) is 54.5 Å². The van der Waals surface area contributed by atoms with E-state index in [1.807, 2.05) is 0 Å². The summed E-state index contributed by atoms with van der Waals surface area (Å²) < 4.78 is 0. The van der Waals surface area contributed by atoms with Crippen molar-refractivity contribution >= 4 is 93.7 Å². The van der Waals surface area contributed by atoms with Gasteiger partial charge in [-0.25, -0.2) is 4.98 Å². The Kier molecular flexibility index (Phi) is 29.3. The number of fused-ring (bicyclic) bond motifs is 1. The van der Waals surface area contributed by atoms with Gasteiger partial charge in [-0.1, -0.05) is 60.7 Å². The number of nitrogens with two attached hydrogens (primary N) is 3. The van der Waals surface area contributed by atoms with Crippen molar-refractivity contribution in [2.75, 3.05) is 38.3 Å². The predicted molar refractivity (Wildman–Crippen MR) is 334 cm³/mol. The number of nitrogens with zero attached hydrogens (tertiary/aromatic N) is 2. The first-order valence-corrected chi connectivity index (χ1v) is 30.4. The van der Waals surface area contributed by atoms with Crippen LogP contribution in [-0.4, -0.2) is 204 Å². The van der Waals surface area contributed by atoms with Gasteiger partial charge in [0, 0.05) is 67.6 Å². The zero-order chi connectivity index (χ0) is 67.3. The van der Waals surface area contributed by atoms with E-state index in [0.29, 0.717) is 27.6 Å². The fourth-order valence-electron chi connectivity index (χ4n) is 9.25. The van der Waals surface area contributed by atoms with Crippen LogP contribution in [0.15, 0.2) is 103 Å². The quantitative estimate of drug-likeness (QED) is 0.0101. The van der Waals surface area contributed by atoms with E-state index in [0.717, 1.165) is 0 Å². The normalized spacial score (nSPS) is 14.0. The number of hydrogen-bond donors (Lipinski definition) is 19. The fourth-order valence-corrected chi connectivity index (χ4v) is 9.72. The lowest BCUT2D eigenvalue weighted by molar-refractivity contribution is -0.139. The Morgan fingerprint density at radius 1 is 0.554 bits per heavy atom. The number of carboxylic acids is 2. The zero-order valence-electron chi connectivity index (χ0n) is 50.1. The van der Waals surface area contributed by atoms with Crippen molar-refractivity contribution in [2.45, 2.75) is 112 Å². The third-order valence-electron chi connectivity index (χ3n) is 14.1. The van der Waals surface area contributed by atoms with Gasteiger partial charge in [0.2, 0.25) is 53.2 Å². The highest BCUT2D eigenvalue weighted by atomic mass is 32.2. The number of aromatic hydroxyl groups is 1. The monoisotopic (exact) mass is 1300 g/mol. The summed E-state index contributed by atoms with van der Waals surface area (Å²) in [5, 5.41) is 72.0. The molecule has 5 aromatic rings. The molecule has 0 radical (unpaired) electrons. The smallest absolute Gasteiger partial charge is 0.322 e. The van der Waals surface area contributed by atoms with E-state index in [1.54, 1.807) is 67.0 Å². The number of aliphatic hydroxyl groups is 2. The first-order valence-electron chi connectivity index (χ1n) is 29.0. The minimum absolute atomic E-state index is 0.0119. The summed E-state index contributed by atoms with van der Waals surface area (Å²) in [6.45, 7) is -2.61. The summed E-state index contributed by atoms with van der Waals surface area (Å²) >= 11 is 1.25. The molecule has 22 N–H and O–H groups in total. The third kappa shape index (κ3) is 24.0. The molecular formula is C59H78N16O16S. The SMILES string of the molecule is CSCC[C@H](NC(=O)[C@H](CO)NC(=O)[C@H](Cc1ccc(O)cc1)NC(=O)[C@@H](N)CO)C(=O)N[C@@H](CCC(=O)O)C(=O)N[C@@H](Cc1cnc[nH]1)C(=O)N[C@@H](Cc1ccccc1)C(=O)N[C@@H](CCCN=C(N)N)C(=O)N[C@@H](Cc1c[nH]c2ccccc12)C(=O)NCC(=O)O. The van der Waals surface area contributed by atoms with Crippen molar-refractivity contribution < 1.29 is 78.3 Å². The summed E-state index contributed by atoms with van der Waals surface area (Å²) in [5.41, 5.74) is 19.3. The van der Waals surface area contributed by atoms with Crippen LogP contribution in [0.3, 0.4) is 0 Å². The van der Waals surface area contributed by atoms with Gasteiger partial charge < -0.3 is 101 Å². The number of aliphatic imine (C=N–C) groups is 1. The van der Waals surface area contributed by atoms with Crippen LogP contribution in [0.4, 0.5) is 0 Å². The number of phenols is 1. The Bertz CT molecular complexity index is 3330. The molecule has 33 heteroatoms. The molecule has 0 bridgehead atoms. The van der Waals surface area contributed by atoms with Crippen LogP contribution in [0.5, 0.6) is 5.75 Å². The second-order valence-electron chi connectivity index (χ2n) is 21.1. The molecule has 92 heavy (non-hydrogen) atoms. The van der Waals surface area contributed by atoms with Crippen molar-refractivity contribution in [3.63, 3.8) is 0 Å². The number of carbonyl (C=O) groups is 11. The molecule has 2 aromatic heterocycles. The summed E-state index contributed by atoms with van der Waals surface area (Å²) in [7, 11) is 0. The molecule has 0 aliphatic carbocycles. The number of benzene rings is 3. The Morgan fingerprint density at radius 3 is 1.60 bits per heavy atom. The maximum absolute atomic E-state index is 14.8. The molecule has 9 amide bonds. The lowest BCUT2D eigenvalue weighted by Crippen LogP contribution is -2.61. The molecule has 3 aromatic carbocycles. The number of rotatable bonds is 39. The largest absolute Gasteiger partial charge is 0.508 e. The number of carbonyl (C=O) groups excluding carboxylic acids is 9.